The molecule has 0 saturated carbocycles. The van der Waals surface area contributed by atoms with Gasteiger partial charge in [-0.2, -0.15) is 0 Å². The molecule has 0 aliphatic carbocycles. The van der Waals surface area contributed by atoms with Crippen molar-refractivity contribution in [2.75, 3.05) is 18.4 Å². The van der Waals surface area contributed by atoms with E-state index in [4.69, 9.17) is 9.47 Å². The number of anilines is 1. The molecule has 0 bridgehead atoms. The first-order valence-corrected chi connectivity index (χ1v) is 9.71. The van der Waals surface area contributed by atoms with E-state index in [-0.39, 0.29) is 5.92 Å². The highest BCUT2D eigenvalue weighted by Crippen LogP contribution is 2.22. The minimum Gasteiger partial charge on any atom is -0.452 e. The van der Waals surface area contributed by atoms with Gasteiger partial charge in [0.2, 0.25) is 0 Å². The first kappa shape index (κ1) is 22.6. The zero-order chi connectivity index (χ0) is 21.8. The smallest absolute Gasteiger partial charge is 0.410 e. The van der Waals surface area contributed by atoms with Crippen molar-refractivity contribution in [3.05, 3.63) is 29.6 Å². The summed E-state index contributed by atoms with van der Waals surface area (Å²) < 4.78 is 24.2. The lowest BCUT2D eigenvalue weighted by molar-refractivity contribution is -0.158. The summed E-state index contributed by atoms with van der Waals surface area (Å²) in [6, 6.07) is 4.35. The van der Waals surface area contributed by atoms with E-state index in [1.807, 2.05) is 0 Å². The molecule has 1 aliphatic rings. The van der Waals surface area contributed by atoms with Crippen molar-refractivity contribution in [1.82, 2.24) is 4.90 Å². The van der Waals surface area contributed by atoms with E-state index in [1.165, 1.54) is 13.0 Å². The maximum absolute atomic E-state index is 13.6. The third-order valence-electron chi connectivity index (χ3n) is 4.58. The van der Waals surface area contributed by atoms with Crippen LogP contribution in [0, 0.1) is 18.7 Å². The Kier molecular flexibility index (Phi) is 7.21. The van der Waals surface area contributed by atoms with Crippen molar-refractivity contribution in [3.63, 3.8) is 0 Å². The van der Waals surface area contributed by atoms with Gasteiger partial charge in [-0.25, -0.2) is 9.18 Å². The summed E-state index contributed by atoms with van der Waals surface area (Å²) in [5, 5.41) is 2.54. The van der Waals surface area contributed by atoms with Crippen LogP contribution in [0.3, 0.4) is 0 Å². The van der Waals surface area contributed by atoms with Crippen LogP contribution in [0.25, 0.3) is 0 Å². The highest BCUT2D eigenvalue weighted by Gasteiger charge is 2.32. The second-order valence-corrected chi connectivity index (χ2v) is 8.27. The zero-order valence-corrected chi connectivity index (χ0v) is 17.6. The molecule has 1 aromatic rings. The number of esters is 1. The molecule has 0 unspecified atom stereocenters. The second kappa shape index (κ2) is 9.24. The van der Waals surface area contributed by atoms with Gasteiger partial charge in [0.25, 0.3) is 5.91 Å². The average Bonchev–Trinajstić information content (AvgIpc) is 2.63. The number of carbonyl (C=O) groups is 3. The maximum atomic E-state index is 13.6. The van der Waals surface area contributed by atoms with Gasteiger partial charge in [-0.3, -0.25) is 9.59 Å². The number of nitrogens with one attached hydrogen (secondary N) is 1. The fourth-order valence-electron chi connectivity index (χ4n) is 2.86. The van der Waals surface area contributed by atoms with E-state index in [9.17, 15) is 18.8 Å². The van der Waals surface area contributed by atoms with E-state index >= 15 is 0 Å². The number of ether oxygens (including phenoxy) is 2. The number of halogens is 1. The molecule has 1 aliphatic heterocycles. The Morgan fingerprint density at radius 2 is 1.83 bits per heavy atom. The highest BCUT2D eigenvalue weighted by molar-refractivity contribution is 5.95. The van der Waals surface area contributed by atoms with Crippen molar-refractivity contribution in [2.45, 2.75) is 59.2 Å². The fraction of sp³-hybridized carbons (Fsp3) is 0.571. The molecule has 1 N–H and O–H groups in total. The van der Waals surface area contributed by atoms with Crippen LogP contribution in [0.1, 0.15) is 46.1 Å². The second-order valence-electron chi connectivity index (χ2n) is 8.27. The normalized spacial score (nSPS) is 16.1. The van der Waals surface area contributed by atoms with Crippen LogP contribution in [0.15, 0.2) is 18.2 Å². The monoisotopic (exact) mass is 408 g/mol. The van der Waals surface area contributed by atoms with Gasteiger partial charge in [-0.05, 0) is 65.2 Å². The molecule has 2 rings (SSSR count). The summed E-state index contributed by atoms with van der Waals surface area (Å²) in [4.78, 5) is 38.2. The van der Waals surface area contributed by atoms with Crippen molar-refractivity contribution >= 4 is 23.7 Å². The molecule has 8 heteroatoms. The average molecular weight is 408 g/mol. The topological polar surface area (TPSA) is 84.9 Å². The number of benzene rings is 1. The molecule has 1 heterocycles. The summed E-state index contributed by atoms with van der Waals surface area (Å²) in [6.07, 6.45) is -0.538. The third-order valence-corrected chi connectivity index (χ3v) is 4.58. The van der Waals surface area contributed by atoms with Gasteiger partial charge < -0.3 is 19.7 Å². The lowest BCUT2D eigenvalue weighted by Gasteiger charge is -2.32. The predicted molar refractivity (Wildman–Crippen MR) is 106 cm³/mol. The quantitative estimate of drug-likeness (QED) is 0.769. The summed E-state index contributed by atoms with van der Waals surface area (Å²) in [6.45, 7) is 9.26. The van der Waals surface area contributed by atoms with Crippen molar-refractivity contribution < 1.29 is 28.2 Å². The van der Waals surface area contributed by atoms with E-state index in [1.54, 1.807) is 44.7 Å². The molecule has 160 valence electrons. The van der Waals surface area contributed by atoms with Gasteiger partial charge in [0.05, 0.1) is 5.92 Å². The molecule has 7 nitrogen and oxygen atoms in total. The molecule has 0 aromatic heterocycles. The third kappa shape index (κ3) is 6.73. The van der Waals surface area contributed by atoms with Gasteiger partial charge in [-0.1, -0.05) is 6.07 Å². The number of carbonyl (C=O) groups excluding carboxylic acids is 3. The summed E-state index contributed by atoms with van der Waals surface area (Å²) in [5.41, 5.74) is 0.197. The van der Waals surface area contributed by atoms with E-state index in [2.05, 4.69) is 5.32 Å². The standard InChI is InChI=1S/C21H29FN2O5/c1-13-6-7-16(12-17(13)22)23-18(25)14(2)28-19(26)15-8-10-24(11-9-15)20(27)29-21(3,4)5/h6-7,12,14-15H,8-11H2,1-5H3,(H,23,25)/t14-/m0/s1. The van der Waals surface area contributed by atoms with Crippen molar-refractivity contribution in [2.24, 2.45) is 5.92 Å². The largest absolute Gasteiger partial charge is 0.452 e. The van der Waals surface area contributed by atoms with E-state index < -0.39 is 35.5 Å². The molecule has 29 heavy (non-hydrogen) atoms. The minimum absolute atomic E-state index is 0.298. The lowest BCUT2D eigenvalue weighted by atomic mass is 9.97. The van der Waals surface area contributed by atoms with Crippen molar-refractivity contribution in [3.8, 4) is 0 Å². The fourth-order valence-corrected chi connectivity index (χ4v) is 2.86. The van der Waals surface area contributed by atoms with Crippen LogP contribution >= 0.6 is 0 Å². The molecule has 1 aromatic carbocycles. The Morgan fingerprint density at radius 1 is 1.21 bits per heavy atom. The number of likely N-dealkylation sites (tertiary alicyclic amines) is 1. The number of hydrogen-bond acceptors (Lipinski definition) is 5. The van der Waals surface area contributed by atoms with Gasteiger partial charge in [0, 0.05) is 18.8 Å². The minimum atomic E-state index is -1.02. The van der Waals surface area contributed by atoms with Crippen LogP contribution in [-0.4, -0.2) is 47.7 Å². The summed E-state index contributed by atoms with van der Waals surface area (Å²) in [5.74, 6) is -1.83. The molecule has 1 atom stereocenters. The maximum Gasteiger partial charge on any atom is 0.410 e. The van der Waals surface area contributed by atoms with Gasteiger partial charge in [-0.15, -0.1) is 0 Å². The Balaban J connectivity index is 1.81. The van der Waals surface area contributed by atoms with Gasteiger partial charge in [0.1, 0.15) is 11.4 Å². The Bertz CT molecular complexity index is 767. The lowest BCUT2D eigenvalue weighted by Crippen LogP contribution is -2.43. The van der Waals surface area contributed by atoms with Gasteiger partial charge >= 0.3 is 12.1 Å². The van der Waals surface area contributed by atoms with Gasteiger partial charge in [0.15, 0.2) is 6.10 Å². The number of amides is 2. The van der Waals surface area contributed by atoms with Crippen LogP contribution in [0.4, 0.5) is 14.9 Å². The SMILES string of the molecule is Cc1ccc(NC(=O)[C@H](C)OC(=O)C2CCN(C(=O)OC(C)(C)C)CC2)cc1F. The van der Waals surface area contributed by atoms with Crippen molar-refractivity contribution in [1.29, 1.82) is 0 Å². The highest BCUT2D eigenvalue weighted by atomic mass is 19.1. The van der Waals surface area contributed by atoms with E-state index in [0.29, 0.717) is 37.2 Å². The number of aryl methyl sites for hydroxylation is 1. The van der Waals surface area contributed by atoms with Crippen LogP contribution in [0.2, 0.25) is 0 Å². The Hall–Kier alpha value is -2.64. The molecule has 1 saturated heterocycles. The zero-order valence-electron chi connectivity index (χ0n) is 17.6. The molecule has 0 radical (unpaired) electrons. The molecular weight excluding hydrogens is 379 g/mol. The van der Waals surface area contributed by atoms with Crippen LogP contribution in [0.5, 0.6) is 0 Å². The Morgan fingerprint density at radius 3 is 2.38 bits per heavy atom. The predicted octanol–water partition coefficient (Wildman–Crippen LogP) is 3.65. The molecular formula is C21H29FN2O5. The molecule has 1 fully saturated rings. The van der Waals surface area contributed by atoms with Crippen LogP contribution < -0.4 is 5.32 Å². The first-order chi connectivity index (χ1) is 13.5. The van der Waals surface area contributed by atoms with E-state index in [0.717, 1.165) is 0 Å². The number of piperidine rings is 1. The Labute approximate surface area is 170 Å². The number of hydrogen-bond donors (Lipinski definition) is 1. The summed E-state index contributed by atoms with van der Waals surface area (Å²) in [7, 11) is 0. The summed E-state index contributed by atoms with van der Waals surface area (Å²) >= 11 is 0. The number of rotatable bonds is 4. The molecule has 2 amide bonds. The van der Waals surface area contributed by atoms with Crippen LogP contribution in [-0.2, 0) is 19.1 Å². The number of nitrogens with zero attached hydrogens (tertiary/aromatic N) is 1. The first-order valence-electron chi connectivity index (χ1n) is 9.71. The molecule has 0 spiro atoms.